The van der Waals surface area contributed by atoms with Crippen molar-refractivity contribution in [2.75, 3.05) is 12.4 Å². The Morgan fingerprint density at radius 3 is 2.77 bits per heavy atom. The van der Waals surface area contributed by atoms with Gasteiger partial charge in [0.1, 0.15) is 5.75 Å². The Kier molecular flexibility index (Phi) is 3.42. The van der Waals surface area contributed by atoms with E-state index in [0.29, 0.717) is 22.6 Å². The molecule has 0 saturated heterocycles. The van der Waals surface area contributed by atoms with Crippen LogP contribution in [-0.4, -0.2) is 23.9 Å². The monoisotopic (exact) mass is 297 g/mol. The van der Waals surface area contributed by atoms with Gasteiger partial charge in [0.25, 0.3) is 5.91 Å². The molecule has 1 atom stereocenters. The van der Waals surface area contributed by atoms with E-state index in [4.69, 9.17) is 4.74 Å². The third-order valence-corrected chi connectivity index (χ3v) is 3.80. The van der Waals surface area contributed by atoms with Crippen LogP contribution in [0.25, 0.3) is 0 Å². The van der Waals surface area contributed by atoms with Crippen LogP contribution in [0.4, 0.5) is 5.69 Å². The number of ketones is 1. The van der Waals surface area contributed by atoms with Gasteiger partial charge in [0.15, 0.2) is 11.4 Å². The lowest BCUT2D eigenvalue weighted by Crippen LogP contribution is -2.36. The molecule has 0 aliphatic carbocycles. The number of benzene rings is 2. The number of methoxy groups -OCH3 is 1. The number of ether oxygens (including phenoxy) is 1. The van der Waals surface area contributed by atoms with E-state index in [1.165, 1.54) is 7.11 Å². The Labute approximate surface area is 127 Å². The maximum atomic E-state index is 12.4. The van der Waals surface area contributed by atoms with E-state index < -0.39 is 11.5 Å². The predicted octanol–water partition coefficient (Wildman–Crippen LogP) is 2.11. The number of carbonyl (C=O) groups is 2. The zero-order chi connectivity index (χ0) is 15.7. The molecular weight excluding hydrogens is 282 g/mol. The molecule has 1 unspecified atom stereocenters. The van der Waals surface area contributed by atoms with Crippen molar-refractivity contribution in [2.24, 2.45) is 0 Å². The number of rotatable bonds is 4. The van der Waals surface area contributed by atoms with Crippen molar-refractivity contribution in [3.63, 3.8) is 0 Å². The van der Waals surface area contributed by atoms with E-state index in [1.54, 1.807) is 48.5 Å². The lowest BCUT2D eigenvalue weighted by Gasteiger charge is -2.20. The fourth-order valence-electron chi connectivity index (χ4n) is 2.61. The first-order valence-corrected chi connectivity index (χ1v) is 6.85. The Bertz CT molecular complexity index is 756. The summed E-state index contributed by atoms with van der Waals surface area (Å²) >= 11 is 0. The lowest BCUT2D eigenvalue weighted by molar-refractivity contribution is -0.133. The van der Waals surface area contributed by atoms with Crippen LogP contribution in [0.2, 0.25) is 0 Å². The SMILES string of the molecule is COc1cccc(C(=O)CC2(O)C(=O)Nc3ccccc32)c1. The Morgan fingerprint density at radius 1 is 1.23 bits per heavy atom. The Morgan fingerprint density at radius 2 is 2.00 bits per heavy atom. The van der Waals surface area contributed by atoms with Crippen LogP contribution in [-0.2, 0) is 10.4 Å². The van der Waals surface area contributed by atoms with Gasteiger partial charge in [-0.3, -0.25) is 9.59 Å². The molecule has 22 heavy (non-hydrogen) atoms. The zero-order valence-corrected chi connectivity index (χ0v) is 12.0. The highest BCUT2D eigenvalue weighted by Crippen LogP contribution is 2.38. The molecule has 2 aromatic rings. The molecule has 5 nitrogen and oxygen atoms in total. The molecule has 1 amide bonds. The third-order valence-electron chi connectivity index (χ3n) is 3.80. The van der Waals surface area contributed by atoms with Crippen LogP contribution in [0.15, 0.2) is 48.5 Å². The van der Waals surface area contributed by atoms with Gasteiger partial charge < -0.3 is 15.2 Å². The van der Waals surface area contributed by atoms with Crippen LogP contribution in [0, 0.1) is 0 Å². The highest BCUT2D eigenvalue weighted by Gasteiger charge is 2.46. The van der Waals surface area contributed by atoms with Gasteiger partial charge in [-0.15, -0.1) is 0 Å². The minimum absolute atomic E-state index is 0.316. The zero-order valence-electron chi connectivity index (χ0n) is 12.0. The highest BCUT2D eigenvalue weighted by molar-refractivity contribution is 6.09. The lowest BCUT2D eigenvalue weighted by atomic mass is 9.88. The summed E-state index contributed by atoms with van der Waals surface area (Å²) in [4.78, 5) is 24.5. The number of carbonyl (C=O) groups excluding carboxylic acids is 2. The summed E-state index contributed by atoms with van der Waals surface area (Å²) in [5, 5.41) is 13.3. The smallest absolute Gasteiger partial charge is 0.261 e. The Hall–Kier alpha value is -2.66. The molecule has 1 aliphatic heterocycles. The number of amides is 1. The van der Waals surface area contributed by atoms with Crippen molar-refractivity contribution in [3.8, 4) is 5.75 Å². The normalized spacial score (nSPS) is 19.5. The summed E-state index contributed by atoms with van der Waals surface area (Å²) in [6.45, 7) is 0. The summed E-state index contributed by atoms with van der Waals surface area (Å²) in [7, 11) is 1.51. The summed E-state index contributed by atoms with van der Waals surface area (Å²) in [5.41, 5.74) is -0.480. The van der Waals surface area contributed by atoms with E-state index in [2.05, 4.69) is 5.32 Å². The molecule has 0 fully saturated rings. The molecular formula is C17H15NO4. The van der Waals surface area contributed by atoms with Gasteiger partial charge in [-0.1, -0.05) is 30.3 Å². The summed E-state index contributed by atoms with van der Waals surface area (Å²) in [5.74, 6) is -0.354. The molecule has 0 aromatic heterocycles. The van der Waals surface area contributed by atoms with Gasteiger partial charge in [0.05, 0.1) is 13.5 Å². The van der Waals surface area contributed by atoms with E-state index in [1.807, 2.05) is 0 Å². The molecule has 112 valence electrons. The number of anilines is 1. The molecule has 5 heteroatoms. The fourth-order valence-corrected chi connectivity index (χ4v) is 2.61. The second-order valence-electron chi connectivity index (χ2n) is 5.19. The number of aliphatic hydroxyl groups is 1. The average Bonchev–Trinajstić information content (AvgIpc) is 2.79. The second kappa shape index (κ2) is 5.27. The number of nitrogens with one attached hydrogen (secondary N) is 1. The topological polar surface area (TPSA) is 75.6 Å². The van der Waals surface area contributed by atoms with E-state index in [0.717, 1.165) is 0 Å². The first kappa shape index (κ1) is 14.3. The van der Waals surface area contributed by atoms with Gasteiger partial charge in [-0.2, -0.15) is 0 Å². The van der Waals surface area contributed by atoms with Gasteiger partial charge in [0.2, 0.25) is 0 Å². The van der Waals surface area contributed by atoms with E-state index in [9.17, 15) is 14.7 Å². The van der Waals surface area contributed by atoms with Crippen LogP contribution in [0.1, 0.15) is 22.3 Å². The van der Waals surface area contributed by atoms with Crippen LogP contribution in [0.5, 0.6) is 5.75 Å². The molecule has 2 N–H and O–H groups in total. The minimum Gasteiger partial charge on any atom is -0.497 e. The number of Topliss-reactive ketones (excluding diaryl/α,β-unsaturated/α-hetero) is 1. The van der Waals surface area contributed by atoms with Gasteiger partial charge in [0, 0.05) is 16.8 Å². The van der Waals surface area contributed by atoms with Crippen molar-refractivity contribution in [1.29, 1.82) is 0 Å². The number of para-hydroxylation sites is 1. The summed E-state index contributed by atoms with van der Waals surface area (Å²) in [6.07, 6.45) is -0.316. The summed E-state index contributed by atoms with van der Waals surface area (Å²) in [6, 6.07) is 13.5. The molecule has 1 heterocycles. The van der Waals surface area contributed by atoms with Crippen LogP contribution in [0.3, 0.4) is 0 Å². The predicted molar refractivity (Wildman–Crippen MR) is 80.9 cm³/mol. The molecule has 0 radical (unpaired) electrons. The quantitative estimate of drug-likeness (QED) is 0.848. The van der Waals surface area contributed by atoms with Gasteiger partial charge in [-0.05, 0) is 18.2 Å². The average molecular weight is 297 g/mol. The molecule has 2 aromatic carbocycles. The fraction of sp³-hybridized carbons (Fsp3) is 0.176. The first-order valence-electron chi connectivity index (χ1n) is 6.85. The standard InChI is InChI=1S/C17H15NO4/c1-22-12-6-4-5-11(9-12)15(19)10-17(21)13-7-2-3-8-14(13)18-16(17)20/h2-9,21H,10H2,1H3,(H,18,20). The second-order valence-corrected chi connectivity index (χ2v) is 5.19. The van der Waals surface area contributed by atoms with Crippen molar-refractivity contribution in [1.82, 2.24) is 0 Å². The third kappa shape index (κ3) is 2.25. The van der Waals surface area contributed by atoms with Crippen molar-refractivity contribution < 1.29 is 19.4 Å². The minimum atomic E-state index is -1.84. The van der Waals surface area contributed by atoms with Crippen LogP contribution < -0.4 is 10.1 Å². The Balaban J connectivity index is 1.91. The van der Waals surface area contributed by atoms with Crippen molar-refractivity contribution in [2.45, 2.75) is 12.0 Å². The number of hydrogen-bond donors (Lipinski definition) is 2. The molecule has 1 aliphatic rings. The van der Waals surface area contributed by atoms with Crippen molar-refractivity contribution >= 4 is 17.4 Å². The highest BCUT2D eigenvalue weighted by atomic mass is 16.5. The first-order chi connectivity index (χ1) is 10.5. The molecule has 0 saturated carbocycles. The van der Waals surface area contributed by atoms with Gasteiger partial charge >= 0.3 is 0 Å². The maximum Gasteiger partial charge on any atom is 0.261 e. The van der Waals surface area contributed by atoms with E-state index in [-0.39, 0.29) is 12.2 Å². The largest absolute Gasteiger partial charge is 0.497 e. The summed E-state index contributed by atoms with van der Waals surface area (Å²) < 4.78 is 5.08. The maximum absolute atomic E-state index is 12.4. The number of hydrogen-bond acceptors (Lipinski definition) is 4. The molecule has 0 bridgehead atoms. The van der Waals surface area contributed by atoms with Gasteiger partial charge in [-0.25, -0.2) is 0 Å². The van der Waals surface area contributed by atoms with Crippen LogP contribution >= 0.6 is 0 Å². The molecule has 3 rings (SSSR count). The number of fused-ring (bicyclic) bond motifs is 1. The van der Waals surface area contributed by atoms with E-state index >= 15 is 0 Å². The molecule has 0 spiro atoms. The van der Waals surface area contributed by atoms with Crippen molar-refractivity contribution in [3.05, 3.63) is 59.7 Å².